The molecule has 8 heteroatoms. The summed E-state index contributed by atoms with van der Waals surface area (Å²) in [6.45, 7) is 5.51. The van der Waals surface area contributed by atoms with E-state index >= 15 is 0 Å². The van der Waals surface area contributed by atoms with Gasteiger partial charge in [-0.25, -0.2) is 9.97 Å². The number of nitrogen functional groups attached to an aromatic ring is 1. The first kappa shape index (κ1) is 19.2. The van der Waals surface area contributed by atoms with Crippen molar-refractivity contribution in [2.45, 2.75) is 32.7 Å². The van der Waals surface area contributed by atoms with E-state index in [4.69, 9.17) is 22.1 Å². The van der Waals surface area contributed by atoms with Gasteiger partial charge in [0.15, 0.2) is 0 Å². The Hall–Kier alpha value is -2.54. The van der Waals surface area contributed by atoms with E-state index in [-0.39, 0.29) is 11.9 Å². The predicted molar refractivity (Wildman–Crippen MR) is 107 cm³/mol. The van der Waals surface area contributed by atoms with E-state index in [2.05, 4.69) is 20.2 Å². The Balaban J connectivity index is 1.64. The first-order valence-electron chi connectivity index (χ1n) is 8.88. The molecule has 3 rings (SSSR count). The number of hydrogen-bond donors (Lipinski definition) is 2. The van der Waals surface area contributed by atoms with Gasteiger partial charge in [-0.1, -0.05) is 11.6 Å². The number of ether oxygens (including phenoxy) is 1. The summed E-state index contributed by atoms with van der Waals surface area (Å²) >= 11 is 6.06. The van der Waals surface area contributed by atoms with Crippen molar-refractivity contribution in [3.8, 4) is 5.75 Å². The van der Waals surface area contributed by atoms with Gasteiger partial charge in [-0.3, -0.25) is 4.79 Å². The van der Waals surface area contributed by atoms with E-state index < -0.39 is 0 Å². The maximum atomic E-state index is 12.7. The first-order chi connectivity index (χ1) is 12.9. The van der Waals surface area contributed by atoms with Crippen LogP contribution in [-0.2, 0) is 0 Å². The van der Waals surface area contributed by atoms with Crippen LogP contribution in [0.3, 0.4) is 0 Å². The highest BCUT2D eigenvalue weighted by atomic mass is 35.5. The Bertz CT molecular complexity index is 830. The molecule has 0 spiro atoms. The van der Waals surface area contributed by atoms with E-state index in [0.717, 1.165) is 43.3 Å². The average Bonchev–Trinajstić information content (AvgIpc) is 2.63. The molecule has 1 amide bonds. The fourth-order valence-corrected chi connectivity index (χ4v) is 3.45. The molecule has 1 aromatic carbocycles. The Morgan fingerprint density at radius 2 is 1.96 bits per heavy atom. The number of anilines is 2. The van der Waals surface area contributed by atoms with Gasteiger partial charge in [-0.15, -0.1) is 0 Å². The van der Waals surface area contributed by atoms with Gasteiger partial charge < -0.3 is 20.7 Å². The third kappa shape index (κ3) is 4.42. The highest BCUT2D eigenvalue weighted by molar-refractivity contribution is 6.33. The van der Waals surface area contributed by atoms with Gasteiger partial charge in [0.25, 0.3) is 5.91 Å². The second-order valence-corrected chi connectivity index (χ2v) is 7.13. The lowest BCUT2D eigenvalue weighted by Gasteiger charge is -2.33. The molecule has 1 aromatic heterocycles. The zero-order chi connectivity index (χ0) is 19.6. The van der Waals surface area contributed by atoms with Gasteiger partial charge in [0.2, 0.25) is 0 Å². The van der Waals surface area contributed by atoms with Gasteiger partial charge in [-0.2, -0.15) is 0 Å². The molecule has 1 aliphatic rings. The summed E-state index contributed by atoms with van der Waals surface area (Å²) in [6.07, 6.45) is 1.66. The van der Waals surface area contributed by atoms with Crippen LogP contribution in [0.1, 0.15) is 34.7 Å². The van der Waals surface area contributed by atoms with Crippen LogP contribution >= 0.6 is 11.6 Å². The maximum absolute atomic E-state index is 12.7. The summed E-state index contributed by atoms with van der Waals surface area (Å²) in [7, 11) is 1.50. The van der Waals surface area contributed by atoms with Gasteiger partial charge in [0.1, 0.15) is 17.4 Å². The van der Waals surface area contributed by atoms with Crippen molar-refractivity contribution in [1.82, 2.24) is 15.3 Å². The molecule has 0 saturated carbocycles. The number of hydrogen-bond acceptors (Lipinski definition) is 6. The predicted octanol–water partition coefficient (Wildman–Crippen LogP) is 2.74. The zero-order valence-corrected chi connectivity index (χ0v) is 16.5. The molecule has 0 atom stereocenters. The van der Waals surface area contributed by atoms with Crippen molar-refractivity contribution in [2.24, 2.45) is 0 Å². The fourth-order valence-electron chi connectivity index (χ4n) is 3.29. The molecule has 1 fully saturated rings. The molecule has 144 valence electrons. The smallest absolute Gasteiger partial charge is 0.255 e. The van der Waals surface area contributed by atoms with E-state index in [9.17, 15) is 4.79 Å². The number of carbonyl (C=O) groups excluding carboxylic acids is 1. The van der Waals surface area contributed by atoms with E-state index in [1.807, 2.05) is 19.9 Å². The van der Waals surface area contributed by atoms with Crippen LogP contribution in [0, 0.1) is 13.8 Å². The number of amides is 1. The lowest BCUT2D eigenvalue weighted by Crippen LogP contribution is -2.45. The molecule has 0 aliphatic carbocycles. The van der Waals surface area contributed by atoms with Gasteiger partial charge in [0, 0.05) is 37.0 Å². The number of piperidine rings is 1. The van der Waals surface area contributed by atoms with Crippen molar-refractivity contribution in [1.29, 1.82) is 0 Å². The van der Waals surface area contributed by atoms with Crippen molar-refractivity contribution in [3.63, 3.8) is 0 Å². The molecule has 1 saturated heterocycles. The largest absolute Gasteiger partial charge is 0.496 e. The van der Waals surface area contributed by atoms with Crippen LogP contribution in [0.4, 0.5) is 11.5 Å². The van der Waals surface area contributed by atoms with Crippen LogP contribution in [0.15, 0.2) is 18.2 Å². The number of rotatable bonds is 4. The topological polar surface area (TPSA) is 93.4 Å². The monoisotopic (exact) mass is 389 g/mol. The quantitative estimate of drug-likeness (QED) is 0.781. The lowest BCUT2D eigenvalue weighted by molar-refractivity contribution is 0.0928. The molecular weight excluding hydrogens is 366 g/mol. The molecule has 7 nitrogen and oxygen atoms in total. The molecule has 1 aliphatic heterocycles. The van der Waals surface area contributed by atoms with Crippen molar-refractivity contribution < 1.29 is 9.53 Å². The zero-order valence-electron chi connectivity index (χ0n) is 15.8. The lowest BCUT2D eigenvalue weighted by atomic mass is 10.0. The number of methoxy groups -OCH3 is 1. The molecular formula is C19H24ClN5O2. The number of nitrogens with two attached hydrogens (primary N) is 1. The molecule has 0 radical (unpaired) electrons. The Morgan fingerprint density at radius 3 is 2.59 bits per heavy atom. The van der Waals surface area contributed by atoms with Crippen LogP contribution < -0.4 is 20.7 Å². The fraction of sp³-hybridized carbons (Fsp3) is 0.421. The minimum atomic E-state index is -0.207. The van der Waals surface area contributed by atoms with Crippen LogP contribution in [0.2, 0.25) is 5.02 Å². The second-order valence-electron chi connectivity index (χ2n) is 6.72. The highest BCUT2D eigenvalue weighted by Crippen LogP contribution is 2.29. The Kier molecular flexibility index (Phi) is 5.70. The number of aryl methyl sites for hydroxylation is 2. The molecule has 2 heterocycles. The first-order valence-corrected chi connectivity index (χ1v) is 9.26. The summed E-state index contributed by atoms with van der Waals surface area (Å²) in [5.74, 6) is 1.92. The molecule has 2 aromatic rings. The van der Waals surface area contributed by atoms with Crippen molar-refractivity contribution >= 4 is 29.0 Å². The van der Waals surface area contributed by atoms with Crippen LogP contribution in [0.25, 0.3) is 0 Å². The van der Waals surface area contributed by atoms with Crippen molar-refractivity contribution in [3.05, 3.63) is 40.3 Å². The number of benzene rings is 1. The number of carbonyl (C=O) groups is 1. The average molecular weight is 390 g/mol. The van der Waals surface area contributed by atoms with Crippen LogP contribution in [0.5, 0.6) is 5.75 Å². The summed E-state index contributed by atoms with van der Waals surface area (Å²) in [5.41, 5.74) is 7.51. The third-order valence-corrected chi connectivity index (χ3v) is 5.00. The van der Waals surface area contributed by atoms with Gasteiger partial charge in [-0.05, 0) is 32.8 Å². The number of nitrogens with zero attached hydrogens (tertiary/aromatic N) is 3. The molecule has 0 unspecified atom stereocenters. The van der Waals surface area contributed by atoms with Gasteiger partial charge in [0.05, 0.1) is 23.4 Å². The van der Waals surface area contributed by atoms with E-state index in [0.29, 0.717) is 22.0 Å². The molecule has 27 heavy (non-hydrogen) atoms. The standard InChI is InChI=1S/C19H24ClN5O2/c1-11-8-18(23-12(2)22-11)25-6-4-13(5-7-25)24-19(26)14-9-15(20)16(21)10-17(14)27-3/h8-10,13H,4-7,21H2,1-3H3,(H,24,26). The van der Waals surface area contributed by atoms with E-state index in [1.165, 1.54) is 7.11 Å². The minimum Gasteiger partial charge on any atom is -0.496 e. The maximum Gasteiger partial charge on any atom is 0.255 e. The minimum absolute atomic E-state index is 0.0822. The van der Waals surface area contributed by atoms with Gasteiger partial charge >= 0.3 is 0 Å². The number of halogens is 1. The number of aromatic nitrogens is 2. The normalized spacial score (nSPS) is 14.9. The Morgan fingerprint density at radius 1 is 1.26 bits per heavy atom. The third-order valence-electron chi connectivity index (χ3n) is 4.67. The van der Waals surface area contributed by atoms with Crippen molar-refractivity contribution in [2.75, 3.05) is 30.8 Å². The summed E-state index contributed by atoms with van der Waals surface area (Å²) in [4.78, 5) is 23.7. The number of nitrogens with one attached hydrogen (secondary N) is 1. The summed E-state index contributed by atoms with van der Waals surface area (Å²) < 4.78 is 5.27. The summed E-state index contributed by atoms with van der Waals surface area (Å²) in [5, 5.41) is 3.41. The highest BCUT2D eigenvalue weighted by Gasteiger charge is 2.24. The second kappa shape index (κ2) is 8.00. The molecule has 0 bridgehead atoms. The SMILES string of the molecule is COc1cc(N)c(Cl)cc1C(=O)NC1CCN(c2cc(C)nc(C)n2)CC1. The Labute approximate surface area is 163 Å². The van der Waals surface area contributed by atoms with E-state index in [1.54, 1.807) is 12.1 Å². The molecule has 3 N–H and O–H groups in total. The summed E-state index contributed by atoms with van der Waals surface area (Å²) in [6, 6.07) is 5.19. The van der Waals surface area contributed by atoms with Crippen LogP contribution in [-0.4, -0.2) is 42.1 Å².